The predicted octanol–water partition coefficient (Wildman–Crippen LogP) is 2.76. The minimum Gasteiger partial charge on any atom is -0.505 e. The number of ketones is 1. The van der Waals surface area contributed by atoms with Crippen LogP contribution in [0, 0.1) is 0 Å². The van der Waals surface area contributed by atoms with Crippen molar-refractivity contribution in [3.8, 4) is 5.75 Å². The normalized spacial score (nSPS) is 10.5. The molecule has 0 spiro atoms. The zero-order chi connectivity index (χ0) is 14.7. The quantitative estimate of drug-likeness (QED) is 0.511. The molecule has 0 saturated heterocycles. The number of halogens is 2. The molecular weight excluding hydrogens is 323 g/mol. The Hall–Kier alpha value is -1.50. The van der Waals surface area contributed by atoms with E-state index in [0.717, 1.165) is 11.8 Å². The molecule has 0 aliphatic rings. The molecule has 20 heavy (non-hydrogen) atoms. The molecule has 0 atom stereocenters. The van der Waals surface area contributed by atoms with Crippen molar-refractivity contribution in [3.63, 3.8) is 0 Å². The SMILES string of the molecule is O=C(CSc1nccc(=O)[nH]1)c1cc(Cl)c(O)c(Cl)c1. The number of Topliss-reactive ketones (excluding diaryl/α,β-unsaturated/α-hetero) is 1. The fraction of sp³-hybridized carbons (Fsp3) is 0.0833. The first-order chi connectivity index (χ1) is 9.47. The molecule has 0 fully saturated rings. The first kappa shape index (κ1) is 14.9. The van der Waals surface area contributed by atoms with E-state index in [1.165, 1.54) is 24.4 Å². The Bertz CT molecular complexity index is 695. The number of aromatic hydroxyl groups is 1. The van der Waals surface area contributed by atoms with Crippen LogP contribution in [0.25, 0.3) is 0 Å². The van der Waals surface area contributed by atoms with Gasteiger partial charge in [-0.25, -0.2) is 4.98 Å². The Balaban J connectivity index is 2.11. The molecule has 0 aliphatic carbocycles. The van der Waals surface area contributed by atoms with Gasteiger partial charge in [0.05, 0.1) is 15.8 Å². The van der Waals surface area contributed by atoms with Crippen molar-refractivity contribution in [2.45, 2.75) is 5.16 Å². The first-order valence-corrected chi connectivity index (χ1v) is 7.11. The monoisotopic (exact) mass is 330 g/mol. The lowest BCUT2D eigenvalue weighted by molar-refractivity contribution is 0.102. The Labute approximate surface area is 128 Å². The topological polar surface area (TPSA) is 83.0 Å². The highest BCUT2D eigenvalue weighted by Gasteiger charge is 2.13. The molecule has 2 rings (SSSR count). The molecule has 5 nitrogen and oxygen atoms in total. The molecule has 1 aromatic carbocycles. The van der Waals surface area contributed by atoms with Crippen molar-refractivity contribution >= 4 is 40.7 Å². The number of rotatable bonds is 4. The fourth-order valence-electron chi connectivity index (χ4n) is 1.37. The van der Waals surface area contributed by atoms with Gasteiger partial charge in [-0.1, -0.05) is 35.0 Å². The van der Waals surface area contributed by atoms with Gasteiger partial charge in [0.25, 0.3) is 5.56 Å². The molecule has 0 saturated carbocycles. The number of carbonyl (C=O) groups is 1. The number of hydrogen-bond donors (Lipinski definition) is 2. The van der Waals surface area contributed by atoms with Gasteiger partial charge in [-0.3, -0.25) is 9.59 Å². The molecule has 1 heterocycles. The smallest absolute Gasteiger partial charge is 0.251 e. The summed E-state index contributed by atoms with van der Waals surface area (Å²) in [5.41, 5.74) is -0.00532. The van der Waals surface area contributed by atoms with E-state index >= 15 is 0 Å². The van der Waals surface area contributed by atoms with Gasteiger partial charge in [-0.05, 0) is 12.1 Å². The summed E-state index contributed by atoms with van der Waals surface area (Å²) in [4.78, 5) is 29.5. The van der Waals surface area contributed by atoms with E-state index in [9.17, 15) is 14.7 Å². The number of benzene rings is 1. The van der Waals surface area contributed by atoms with Crippen LogP contribution in [0.15, 0.2) is 34.3 Å². The number of phenols is 1. The second-order valence-corrected chi connectivity index (χ2v) is 5.52. The highest BCUT2D eigenvalue weighted by molar-refractivity contribution is 7.99. The van der Waals surface area contributed by atoms with Gasteiger partial charge in [-0.2, -0.15) is 0 Å². The van der Waals surface area contributed by atoms with E-state index in [1.54, 1.807) is 0 Å². The van der Waals surface area contributed by atoms with Crippen LogP contribution in [0.1, 0.15) is 10.4 Å². The van der Waals surface area contributed by atoms with Crippen molar-refractivity contribution in [1.82, 2.24) is 9.97 Å². The van der Waals surface area contributed by atoms with Crippen molar-refractivity contribution in [1.29, 1.82) is 0 Å². The molecule has 8 heteroatoms. The van der Waals surface area contributed by atoms with Crippen molar-refractivity contribution in [3.05, 3.63) is 50.4 Å². The highest BCUT2D eigenvalue weighted by atomic mass is 35.5. The van der Waals surface area contributed by atoms with Crippen LogP contribution in [0.3, 0.4) is 0 Å². The largest absolute Gasteiger partial charge is 0.505 e. The van der Waals surface area contributed by atoms with Crippen LogP contribution in [0.2, 0.25) is 10.0 Å². The van der Waals surface area contributed by atoms with Crippen LogP contribution in [-0.4, -0.2) is 26.6 Å². The number of nitrogens with zero attached hydrogens (tertiary/aromatic N) is 1. The number of aromatic amines is 1. The fourth-order valence-corrected chi connectivity index (χ4v) is 2.60. The molecule has 0 amide bonds. The van der Waals surface area contributed by atoms with E-state index in [-0.39, 0.29) is 38.5 Å². The predicted molar refractivity (Wildman–Crippen MR) is 78.0 cm³/mol. The maximum Gasteiger partial charge on any atom is 0.251 e. The highest BCUT2D eigenvalue weighted by Crippen LogP contribution is 2.33. The third-order valence-corrected chi connectivity index (χ3v) is 3.79. The van der Waals surface area contributed by atoms with E-state index in [2.05, 4.69) is 9.97 Å². The number of phenolic OH excluding ortho intramolecular Hbond substituents is 1. The zero-order valence-electron chi connectivity index (χ0n) is 9.89. The van der Waals surface area contributed by atoms with Gasteiger partial charge in [-0.15, -0.1) is 0 Å². The summed E-state index contributed by atoms with van der Waals surface area (Å²) < 4.78 is 0. The Kier molecular flexibility index (Phi) is 4.69. The molecular formula is C12H8Cl2N2O3S. The number of H-pyrrole nitrogens is 1. The van der Waals surface area contributed by atoms with E-state index in [0.29, 0.717) is 5.16 Å². The molecule has 1 aromatic heterocycles. The second-order valence-electron chi connectivity index (χ2n) is 3.74. The summed E-state index contributed by atoms with van der Waals surface area (Å²) in [6, 6.07) is 3.96. The van der Waals surface area contributed by atoms with Crippen molar-refractivity contribution in [2.75, 3.05) is 5.75 Å². The summed E-state index contributed by atoms with van der Waals surface area (Å²) >= 11 is 12.6. The van der Waals surface area contributed by atoms with E-state index in [1.807, 2.05) is 0 Å². The number of carbonyl (C=O) groups excluding carboxylic acids is 1. The lowest BCUT2D eigenvalue weighted by Gasteiger charge is -2.04. The lowest BCUT2D eigenvalue weighted by Crippen LogP contribution is -2.08. The summed E-state index contributed by atoms with van der Waals surface area (Å²) in [5, 5.41) is 9.79. The molecule has 0 radical (unpaired) electrons. The van der Waals surface area contributed by atoms with Gasteiger partial charge in [0.1, 0.15) is 0 Å². The number of aromatic nitrogens is 2. The number of hydrogen-bond acceptors (Lipinski definition) is 5. The molecule has 0 unspecified atom stereocenters. The van der Waals surface area contributed by atoms with Gasteiger partial charge in [0.2, 0.25) is 0 Å². The third-order valence-electron chi connectivity index (χ3n) is 2.33. The van der Waals surface area contributed by atoms with Gasteiger partial charge in [0, 0.05) is 17.8 Å². The number of nitrogens with one attached hydrogen (secondary N) is 1. The van der Waals surface area contributed by atoms with Gasteiger partial charge < -0.3 is 10.1 Å². The Morgan fingerprint density at radius 2 is 2.00 bits per heavy atom. The summed E-state index contributed by atoms with van der Waals surface area (Å²) in [6.45, 7) is 0. The Morgan fingerprint density at radius 1 is 1.35 bits per heavy atom. The van der Waals surface area contributed by atoms with Crippen LogP contribution < -0.4 is 5.56 Å². The van der Waals surface area contributed by atoms with Crippen molar-refractivity contribution in [2.24, 2.45) is 0 Å². The zero-order valence-corrected chi connectivity index (χ0v) is 12.2. The van der Waals surface area contributed by atoms with E-state index < -0.39 is 0 Å². The van der Waals surface area contributed by atoms with Crippen LogP contribution in [0.5, 0.6) is 5.75 Å². The average Bonchev–Trinajstić information content (AvgIpc) is 2.41. The summed E-state index contributed by atoms with van der Waals surface area (Å²) in [7, 11) is 0. The molecule has 104 valence electrons. The molecule has 0 bridgehead atoms. The van der Waals surface area contributed by atoms with Crippen LogP contribution >= 0.6 is 35.0 Å². The molecule has 2 aromatic rings. The van der Waals surface area contributed by atoms with Crippen LogP contribution in [-0.2, 0) is 0 Å². The summed E-state index contributed by atoms with van der Waals surface area (Å²) in [5.74, 6) is -0.443. The standard InChI is InChI=1S/C12H8Cl2N2O3S/c13-7-3-6(4-8(14)11(7)19)9(17)5-20-12-15-2-1-10(18)16-12/h1-4,19H,5H2,(H,15,16,18). The minimum atomic E-state index is -0.286. The van der Waals surface area contributed by atoms with Crippen LogP contribution in [0.4, 0.5) is 0 Å². The minimum absolute atomic E-state index is 0.0112. The molecule has 0 aliphatic heterocycles. The maximum absolute atomic E-state index is 12.0. The second kappa shape index (κ2) is 6.30. The summed E-state index contributed by atoms with van der Waals surface area (Å²) in [6.07, 6.45) is 1.36. The lowest BCUT2D eigenvalue weighted by atomic mass is 10.1. The van der Waals surface area contributed by atoms with Gasteiger partial charge >= 0.3 is 0 Å². The number of thioether (sulfide) groups is 1. The maximum atomic E-state index is 12.0. The first-order valence-electron chi connectivity index (χ1n) is 5.36. The Morgan fingerprint density at radius 3 is 2.60 bits per heavy atom. The van der Waals surface area contributed by atoms with E-state index in [4.69, 9.17) is 23.2 Å². The average molecular weight is 331 g/mol. The van der Waals surface area contributed by atoms with Crippen molar-refractivity contribution < 1.29 is 9.90 Å². The van der Waals surface area contributed by atoms with Gasteiger partial charge in [0.15, 0.2) is 16.7 Å². The molecule has 2 N–H and O–H groups in total. The third kappa shape index (κ3) is 3.53.